The summed E-state index contributed by atoms with van der Waals surface area (Å²) in [7, 11) is 1.78. The topological polar surface area (TPSA) is 45.7 Å². The largest absolute Gasteiger partial charge is 0.494 e. The maximum atomic E-state index is 12.7. The molecule has 1 aromatic carbocycles. The molecule has 126 valence electrons. The fraction of sp³-hybridized carbons (Fsp3) is 0.562. The Morgan fingerprint density at radius 1 is 1.09 bits per heavy atom. The minimum atomic E-state index is -0.242. The van der Waals surface area contributed by atoms with E-state index in [0.29, 0.717) is 12.4 Å². The van der Waals surface area contributed by atoms with Gasteiger partial charge in [-0.05, 0) is 43.5 Å². The van der Waals surface area contributed by atoms with Crippen LogP contribution in [0.4, 0.5) is 4.39 Å². The summed E-state index contributed by atoms with van der Waals surface area (Å²) < 4.78 is 18.2. The maximum Gasteiger partial charge on any atom is 0.190 e. The lowest BCUT2D eigenvalue weighted by atomic mass is 10.3. The SMILES string of the molecule is CCCCNC(=NC)NCCCCOc1ccc(F)cc1.I. The van der Waals surface area contributed by atoms with Gasteiger partial charge in [-0.15, -0.1) is 24.0 Å². The Morgan fingerprint density at radius 3 is 2.32 bits per heavy atom. The molecule has 22 heavy (non-hydrogen) atoms. The Balaban J connectivity index is 0.00000441. The van der Waals surface area contributed by atoms with Crippen LogP contribution in [0.2, 0.25) is 0 Å². The predicted octanol–water partition coefficient (Wildman–Crippen LogP) is 3.57. The molecule has 4 nitrogen and oxygen atoms in total. The fourth-order valence-corrected chi connectivity index (χ4v) is 1.76. The van der Waals surface area contributed by atoms with E-state index in [1.54, 1.807) is 19.2 Å². The first kappa shape index (κ1) is 20.9. The molecular formula is C16H27FIN3O. The molecule has 0 saturated heterocycles. The third kappa shape index (κ3) is 9.81. The predicted molar refractivity (Wildman–Crippen MR) is 101 cm³/mol. The first-order valence-electron chi connectivity index (χ1n) is 7.59. The minimum Gasteiger partial charge on any atom is -0.494 e. The van der Waals surface area contributed by atoms with Gasteiger partial charge in [0.15, 0.2) is 5.96 Å². The maximum absolute atomic E-state index is 12.7. The summed E-state index contributed by atoms with van der Waals surface area (Å²) in [6.45, 7) is 4.61. The van der Waals surface area contributed by atoms with Crippen LogP contribution in [0.25, 0.3) is 0 Å². The number of hydrogen-bond donors (Lipinski definition) is 2. The van der Waals surface area contributed by atoms with Crippen molar-refractivity contribution in [1.82, 2.24) is 10.6 Å². The van der Waals surface area contributed by atoms with E-state index in [9.17, 15) is 4.39 Å². The van der Waals surface area contributed by atoms with Crippen LogP contribution in [0.15, 0.2) is 29.3 Å². The van der Waals surface area contributed by atoms with Crippen LogP contribution in [0.1, 0.15) is 32.6 Å². The summed E-state index contributed by atoms with van der Waals surface area (Å²) in [4.78, 5) is 4.16. The number of hydrogen-bond acceptors (Lipinski definition) is 2. The van der Waals surface area contributed by atoms with E-state index in [0.717, 1.165) is 38.3 Å². The van der Waals surface area contributed by atoms with Crippen LogP contribution in [0.3, 0.4) is 0 Å². The molecule has 0 aliphatic carbocycles. The number of nitrogens with one attached hydrogen (secondary N) is 2. The van der Waals surface area contributed by atoms with Crippen molar-refractivity contribution in [2.75, 3.05) is 26.7 Å². The van der Waals surface area contributed by atoms with E-state index >= 15 is 0 Å². The summed E-state index contributed by atoms with van der Waals surface area (Å²) in [5.74, 6) is 1.32. The zero-order valence-corrected chi connectivity index (χ0v) is 15.7. The first-order valence-corrected chi connectivity index (χ1v) is 7.59. The second-order valence-electron chi connectivity index (χ2n) is 4.79. The van der Waals surface area contributed by atoms with Gasteiger partial charge in [-0.1, -0.05) is 13.3 Å². The molecule has 1 rings (SSSR count). The summed E-state index contributed by atoms with van der Waals surface area (Å²) in [5.41, 5.74) is 0. The number of aliphatic imine (C=N–C) groups is 1. The molecule has 0 unspecified atom stereocenters. The highest BCUT2D eigenvalue weighted by Gasteiger charge is 1.97. The number of unbranched alkanes of at least 4 members (excludes halogenated alkanes) is 2. The van der Waals surface area contributed by atoms with Crippen molar-refractivity contribution >= 4 is 29.9 Å². The van der Waals surface area contributed by atoms with E-state index in [1.807, 2.05) is 0 Å². The lowest BCUT2D eigenvalue weighted by Crippen LogP contribution is -2.38. The van der Waals surface area contributed by atoms with Gasteiger partial charge in [0.2, 0.25) is 0 Å². The minimum absolute atomic E-state index is 0. The summed E-state index contributed by atoms with van der Waals surface area (Å²) >= 11 is 0. The first-order chi connectivity index (χ1) is 10.3. The molecule has 6 heteroatoms. The van der Waals surface area contributed by atoms with Crippen LogP contribution in [0, 0.1) is 5.82 Å². The van der Waals surface area contributed by atoms with Crippen LogP contribution in [0.5, 0.6) is 5.75 Å². The van der Waals surface area contributed by atoms with E-state index in [-0.39, 0.29) is 29.8 Å². The van der Waals surface area contributed by atoms with Crippen LogP contribution < -0.4 is 15.4 Å². The average Bonchev–Trinajstić information content (AvgIpc) is 2.50. The van der Waals surface area contributed by atoms with Gasteiger partial charge in [0.1, 0.15) is 11.6 Å². The van der Waals surface area contributed by atoms with E-state index < -0.39 is 0 Å². The van der Waals surface area contributed by atoms with Gasteiger partial charge in [-0.2, -0.15) is 0 Å². The zero-order valence-electron chi connectivity index (χ0n) is 13.4. The normalized spacial score (nSPS) is 10.8. The van der Waals surface area contributed by atoms with E-state index in [2.05, 4.69) is 22.5 Å². The van der Waals surface area contributed by atoms with E-state index in [1.165, 1.54) is 18.6 Å². The molecule has 0 saturated carbocycles. The number of rotatable bonds is 9. The highest BCUT2D eigenvalue weighted by Crippen LogP contribution is 2.11. The summed E-state index contributed by atoms with van der Waals surface area (Å²) in [6, 6.07) is 6.10. The molecule has 0 spiro atoms. The van der Waals surface area contributed by atoms with Gasteiger partial charge < -0.3 is 15.4 Å². The molecule has 1 aromatic rings. The Bertz CT molecular complexity index is 412. The molecule has 0 atom stereocenters. The molecule has 0 bridgehead atoms. The monoisotopic (exact) mass is 423 g/mol. The van der Waals surface area contributed by atoms with Crippen molar-refractivity contribution in [2.24, 2.45) is 4.99 Å². The second-order valence-corrected chi connectivity index (χ2v) is 4.79. The van der Waals surface area contributed by atoms with Gasteiger partial charge >= 0.3 is 0 Å². The lowest BCUT2D eigenvalue weighted by Gasteiger charge is -2.11. The van der Waals surface area contributed by atoms with Crippen molar-refractivity contribution in [3.05, 3.63) is 30.1 Å². The van der Waals surface area contributed by atoms with Crippen molar-refractivity contribution in [3.8, 4) is 5.75 Å². The Hall–Kier alpha value is -1.05. The molecule has 0 fully saturated rings. The van der Waals surface area contributed by atoms with Gasteiger partial charge in [-0.3, -0.25) is 4.99 Å². The number of guanidine groups is 1. The van der Waals surface area contributed by atoms with Crippen molar-refractivity contribution in [1.29, 1.82) is 0 Å². The lowest BCUT2D eigenvalue weighted by molar-refractivity contribution is 0.306. The van der Waals surface area contributed by atoms with Gasteiger partial charge in [0.05, 0.1) is 6.61 Å². The molecule has 0 amide bonds. The standard InChI is InChI=1S/C16H26FN3O.HI/c1-3-4-11-19-16(18-2)20-12-5-6-13-21-15-9-7-14(17)8-10-15;/h7-10H,3-6,11-13H2,1-2H3,(H2,18,19,20);1H. The van der Waals surface area contributed by atoms with Crippen molar-refractivity contribution in [2.45, 2.75) is 32.6 Å². The Kier molecular flexibility index (Phi) is 13.0. The van der Waals surface area contributed by atoms with E-state index in [4.69, 9.17) is 4.74 Å². The fourth-order valence-electron chi connectivity index (χ4n) is 1.76. The highest BCUT2D eigenvalue weighted by atomic mass is 127. The van der Waals surface area contributed by atoms with Gasteiger partial charge in [0, 0.05) is 20.1 Å². The zero-order chi connectivity index (χ0) is 15.3. The third-order valence-electron chi connectivity index (χ3n) is 2.99. The van der Waals surface area contributed by atoms with Gasteiger partial charge in [-0.25, -0.2) is 4.39 Å². The van der Waals surface area contributed by atoms with Crippen LogP contribution >= 0.6 is 24.0 Å². The highest BCUT2D eigenvalue weighted by molar-refractivity contribution is 14.0. The van der Waals surface area contributed by atoms with Gasteiger partial charge in [0.25, 0.3) is 0 Å². The molecule has 0 aliphatic heterocycles. The molecule has 0 aromatic heterocycles. The average molecular weight is 423 g/mol. The van der Waals surface area contributed by atoms with Crippen LogP contribution in [-0.4, -0.2) is 32.7 Å². The summed E-state index contributed by atoms with van der Waals surface area (Å²) in [5, 5.41) is 6.53. The summed E-state index contributed by atoms with van der Waals surface area (Å²) in [6.07, 6.45) is 4.25. The Labute approximate surface area is 149 Å². The van der Waals surface area contributed by atoms with Crippen LogP contribution in [-0.2, 0) is 0 Å². The smallest absolute Gasteiger partial charge is 0.190 e. The molecule has 0 aliphatic rings. The molecular weight excluding hydrogens is 396 g/mol. The Morgan fingerprint density at radius 2 is 1.73 bits per heavy atom. The van der Waals surface area contributed by atoms with Crippen molar-refractivity contribution < 1.29 is 9.13 Å². The quantitative estimate of drug-likeness (QED) is 0.276. The number of halogens is 2. The number of benzene rings is 1. The third-order valence-corrected chi connectivity index (χ3v) is 2.99. The number of ether oxygens (including phenoxy) is 1. The molecule has 0 heterocycles. The van der Waals surface area contributed by atoms with Crippen molar-refractivity contribution in [3.63, 3.8) is 0 Å². The molecule has 2 N–H and O–H groups in total. The molecule has 0 radical (unpaired) electrons. The number of nitrogens with zero attached hydrogens (tertiary/aromatic N) is 1. The second kappa shape index (κ2) is 13.6.